The van der Waals surface area contributed by atoms with Crippen molar-refractivity contribution in [2.75, 3.05) is 20.2 Å². The molecule has 100 valence electrons. The van der Waals surface area contributed by atoms with Crippen molar-refractivity contribution in [3.05, 3.63) is 29.8 Å². The summed E-state index contributed by atoms with van der Waals surface area (Å²) in [5, 5.41) is 14.6. The van der Waals surface area contributed by atoms with Crippen LogP contribution >= 0.6 is 0 Å². The number of nitrogens with two attached hydrogens (primary N) is 1. The van der Waals surface area contributed by atoms with E-state index in [4.69, 9.17) is 15.7 Å². The van der Waals surface area contributed by atoms with Crippen LogP contribution in [0.3, 0.4) is 0 Å². The molecule has 0 bridgehead atoms. The Morgan fingerprint density at radius 3 is 2.67 bits per heavy atom. The van der Waals surface area contributed by atoms with E-state index in [2.05, 4.69) is 22.6 Å². The Morgan fingerprint density at radius 1 is 1.33 bits per heavy atom. The molecule has 0 fully saturated rings. The number of rotatable bonds is 8. The SMILES string of the molecule is COc1ccc(CCNCCC/C(N)=N/O)cc1. The van der Waals surface area contributed by atoms with Crippen molar-refractivity contribution in [2.24, 2.45) is 10.9 Å². The lowest BCUT2D eigenvalue weighted by Gasteiger charge is -2.05. The van der Waals surface area contributed by atoms with E-state index in [9.17, 15) is 0 Å². The first-order valence-electron chi connectivity index (χ1n) is 6.06. The highest BCUT2D eigenvalue weighted by Gasteiger charge is 1.96. The fourth-order valence-electron chi connectivity index (χ4n) is 1.59. The number of ether oxygens (including phenoxy) is 1. The third-order valence-electron chi connectivity index (χ3n) is 2.66. The zero-order valence-corrected chi connectivity index (χ0v) is 10.7. The first-order chi connectivity index (χ1) is 8.76. The van der Waals surface area contributed by atoms with E-state index >= 15 is 0 Å². The molecule has 0 saturated carbocycles. The summed E-state index contributed by atoms with van der Waals surface area (Å²) >= 11 is 0. The van der Waals surface area contributed by atoms with E-state index < -0.39 is 0 Å². The number of benzene rings is 1. The summed E-state index contributed by atoms with van der Waals surface area (Å²) < 4.78 is 5.10. The minimum atomic E-state index is 0.284. The summed E-state index contributed by atoms with van der Waals surface area (Å²) in [6, 6.07) is 8.06. The molecule has 0 atom stereocenters. The third kappa shape index (κ3) is 5.54. The lowest BCUT2D eigenvalue weighted by Crippen LogP contribution is -2.20. The van der Waals surface area contributed by atoms with Crippen molar-refractivity contribution in [2.45, 2.75) is 19.3 Å². The molecule has 0 saturated heterocycles. The van der Waals surface area contributed by atoms with Crippen LogP contribution in [0.5, 0.6) is 5.75 Å². The number of amidine groups is 1. The molecule has 5 heteroatoms. The highest BCUT2D eigenvalue weighted by atomic mass is 16.5. The highest BCUT2D eigenvalue weighted by Crippen LogP contribution is 2.11. The number of methoxy groups -OCH3 is 1. The van der Waals surface area contributed by atoms with Crippen LogP contribution in [0.15, 0.2) is 29.4 Å². The van der Waals surface area contributed by atoms with Crippen molar-refractivity contribution in [1.29, 1.82) is 0 Å². The summed E-state index contributed by atoms with van der Waals surface area (Å²) in [5.74, 6) is 1.16. The number of hydrogen-bond donors (Lipinski definition) is 3. The van der Waals surface area contributed by atoms with E-state index in [1.165, 1.54) is 5.56 Å². The molecule has 18 heavy (non-hydrogen) atoms. The normalized spacial score (nSPS) is 11.5. The molecule has 0 aliphatic rings. The molecule has 4 N–H and O–H groups in total. The average Bonchev–Trinajstić information content (AvgIpc) is 2.43. The zero-order valence-electron chi connectivity index (χ0n) is 10.7. The molecule has 0 spiro atoms. The van der Waals surface area contributed by atoms with Gasteiger partial charge in [0.1, 0.15) is 11.6 Å². The molecule has 0 aromatic heterocycles. The Hall–Kier alpha value is -1.75. The zero-order chi connectivity index (χ0) is 13.2. The van der Waals surface area contributed by atoms with Gasteiger partial charge in [-0.1, -0.05) is 17.3 Å². The molecule has 1 aromatic rings. The molecule has 0 unspecified atom stereocenters. The van der Waals surface area contributed by atoms with E-state index in [1.807, 2.05) is 12.1 Å². The van der Waals surface area contributed by atoms with Gasteiger partial charge in [0.15, 0.2) is 0 Å². The van der Waals surface area contributed by atoms with Gasteiger partial charge < -0.3 is 21.0 Å². The van der Waals surface area contributed by atoms with Crippen LogP contribution in [0.1, 0.15) is 18.4 Å². The van der Waals surface area contributed by atoms with Crippen molar-refractivity contribution < 1.29 is 9.94 Å². The molecule has 1 aromatic carbocycles. The van der Waals surface area contributed by atoms with E-state index in [1.54, 1.807) is 7.11 Å². The first-order valence-corrected chi connectivity index (χ1v) is 6.06. The van der Waals surface area contributed by atoms with Gasteiger partial charge in [0.2, 0.25) is 0 Å². The third-order valence-corrected chi connectivity index (χ3v) is 2.66. The Balaban J connectivity index is 2.10. The van der Waals surface area contributed by atoms with Crippen LogP contribution in [0.25, 0.3) is 0 Å². The Morgan fingerprint density at radius 2 is 2.06 bits per heavy atom. The van der Waals surface area contributed by atoms with Gasteiger partial charge in [-0.25, -0.2) is 0 Å². The van der Waals surface area contributed by atoms with E-state index in [0.29, 0.717) is 6.42 Å². The summed E-state index contributed by atoms with van der Waals surface area (Å²) in [6.07, 6.45) is 2.47. The van der Waals surface area contributed by atoms with Crippen molar-refractivity contribution in [3.63, 3.8) is 0 Å². The van der Waals surface area contributed by atoms with Gasteiger partial charge in [-0.2, -0.15) is 0 Å². The smallest absolute Gasteiger partial charge is 0.139 e. The first kappa shape index (κ1) is 14.3. The Labute approximate surface area is 108 Å². The lowest BCUT2D eigenvalue weighted by molar-refractivity contribution is 0.316. The minimum Gasteiger partial charge on any atom is -0.497 e. The largest absolute Gasteiger partial charge is 0.497 e. The topological polar surface area (TPSA) is 79.9 Å². The number of nitrogens with zero attached hydrogens (tertiary/aromatic N) is 1. The predicted molar refractivity (Wildman–Crippen MR) is 72.2 cm³/mol. The summed E-state index contributed by atoms with van der Waals surface area (Å²) in [7, 11) is 1.66. The van der Waals surface area contributed by atoms with Gasteiger partial charge in [0.25, 0.3) is 0 Å². The van der Waals surface area contributed by atoms with Gasteiger partial charge in [0, 0.05) is 6.42 Å². The van der Waals surface area contributed by atoms with Crippen molar-refractivity contribution >= 4 is 5.84 Å². The van der Waals surface area contributed by atoms with Crippen LogP contribution in [-0.2, 0) is 6.42 Å². The fraction of sp³-hybridized carbons (Fsp3) is 0.462. The maximum absolute atomic E-state index is 8.36. The monoisotopic (exact) mass is 251 g/mol. The molecule has 0 heterocycles. The quantitative estimate of drug-likeness (QED) is 0.214. The van der Waals surface area contributed by atoms with E-state index in [-0.39, 0.29) is 5.84 Å². The van der Waals surface area contributed by atoms with Crippen molar-refractivity contribution in [1.82, 2.24) is 5.32 Å². The average molecular weight is 251 g/mol. The predicted octanol–water partition coefficient (Wildman–Crippen LogP) is 1.35. The highest BCUT2D eigenvalue weighted by molar-refractivity contribution is 5.79. The summed E-state index contributed by atoms with van der Waals surface area (Å²) in [4.78, 5) is 0. The number of oxime groups is 1. The second-order valence-corrected chi connectivity index (χ2v) is 4.04. The Kier molecular flexibility index (Phi) is 6.64. The van der Waals surface area contributed by atoms with Crippen molar-refractivity contribution in [3.8, 4) is 5.75 Å². The second-order valence-electron chi connectivity index (χ2n) is 4.04. The van der Waals surface area contributed by atoms with Crippen LogP contribution in [0, 0.1) is 0 Å². The second kappa shape index (κ2) is 8.36. The Bertz CT molecular complexity index is 363. The maximum atomic E-state index is 8.36. The minimum absolute atomic E-state index is 0.284. The molecule has 0 amide bonds. The maximum Gasteiger partial charge on any atom is 0.139 e. The van der Waals surface area contributed by atoms with Gasteiger partial charge in [-0.3, -0.25) is 0 Å². The molecular formula is C13H21N3O2. The molecule has 1 rings (SSSR count). The van der Waals surface area contributed by atoms with Gasteiger partial charge in [-0.05, 0) is 43.6 Å². The number of hydrogen-bond acceptors (Lipinski definition) is 4. The molecular weight excluding hydrogens is 230 g/mol. The number of nitrogens with one attached hydrogen (secondary N) is 1. The van der Waals surface area contributed by atoms with Gasteiger partial charge >= 0.3 is 0 Å². The molecule has 0 radical (unpaired) electrons. The van der Waals surface area contributed by atoms with Crippen LogP contribution < -0.4 is 15.8 Å². The summed E-state index contributed by atoms with van der Waals surface area (Å²) in [5.41, 5.74) is 6.64. The van der Waals surface area contributed by atoms with Crippen LogP contribution in [0.2, 0.25) is 0 Å². The lowest BCUT2D eigenvalue weighted by atomic mass is 10.1. The molecule has 5 nitrogen and oxygen atoms in total. The standard InChI is InChI=1S/C13H21N3O2/c1-18-12-6-4-11(5-7-12)8-10-15-9-2-3-13(14)16-17/h4-7,15,17H,2-3,8-10H2,1H3,(H2,14,16). The molecule has 0 aliphatic carbocycles. The summed E-state index contributed by atoms with van der Waals surface area (Å²) in [6.45, 7) is 1.79. The van der Waals surface area contributed by atoms with Crippen LogP contribution in [-0.4, -0.2) is 31.2 Å². The fourth-order valence-corrected chi connectivity index (χ4v) is 1.59. The van der Waals surface area contributed by atoms with E-state index in [0.717, 1.165) is 31.7 Å². The molecule has 0 aliphatic heterocycles. The van der Waals surface area contributed by atoms with Gasteiger partial charge in [-0.15, -0.1) is 0 Å². The van der Waals surface area contributed by atoms with Crippen LogP contribution in [0.4, 0.5) is 0 Å². The van der Waals surface area contributed by atoms with Gasteiger partial charge in [0.05, 0.1) is 7.11 Å².